The molecule has 2 rings (SSSR count). The number of rotatable bonds is 5. The molecule has 0 radical (unpaired) electrons. The van der Waals surface area contributed by atoms with Crippen LogP contribution in [0.3, 0.4) is 0 Å². The standard InChI is InChI=1S/C14H19FN2O2/c15-11-4-6-12(7-5-11)17-14(19)9-16-8-10-2-1-3-13(10)18/h4-7,10,13,16,18H,1-3,8-9H2,(H,17,19). The van der Waals surface area contributed by atoms with Crippen LogP contribution in [0.4, 0.5) is 10.1 Å². The van der Waals surface area contributed by atoms with Crippen LogP contribution >= 0.6 is 0 Å². The van der Waals surface area contributed by atoms with Gasteiger partial charge in [-0.15, -0.1) is 0 Å². The summed E-state index contributed by atoms with van der Waals surface area (Å²) in [6.07, 6.45) is 2.67. The maximum absolute atomic E-state index is 12.7. The van der Waals surface area contributed by atoms with Crippen LogP contribution in [0.25, 0.3) is 0 Å². The van der Waals surface area contributed by atoms with Crippen LogP contribution in [0.1, 0.15) is 19.3 Å². The molecule has 0 saturated heterocycles. The minimum absolute atomic E-state index is 0.168. The van der Waals surface area contributed by atoms with Crippen molar-refractivity contribution in [1.29, 1.82) is 0 Å². The number of nitrogens with one attached hydrogen (secondary N) is 2. The van der Waals surface area contributed by atoms with Crippen molar-refractivity contribution in [3.05, 3.63) is 30.1 Å². The summed E-state index contributed by atoms with van der Waals surface area (Å²) in [6, 6.07) is 5.65. The van der Waals surface area contributed by atoms with Gasteiger partial charge in [0.2, 0.25) is 5.91 Å². The van der Waals surface area contributed by atoms with Crippen molar-refractivity contribution in [1.82, 2.24) is 5.32 Å². The van der Waals surface area contributed by atoms with E-state index in [9.17, 15) is 14.3 Å². The Morgan fingerprint density at radius 2 is 2.05 bits per heavy atom. The predicted octanol–water partition coefficient (Wildman–Crippen LogP) is 1.51. The van der Waals surface area contributed by atoms with Crippen molar-refractivity contribution in [3.8, 4) is 0 Å². The molecule has 1 fully saturated rings. The molecule has 1 aromatic carbocycles. The fourth-order valence-corrected chi connectivity index (χ4v) is 2.36. The van der Waals surface area contributed by atoms with Crippen LogP contribution in [0.15, 0.2) is 24.3 Å². The number of benzene rings is 1. The summed E-state index contributed by atoms with van der Waals surface area (Å²) in [5.74, 6) is -0.246. The van der Waals surface area contributed by atoms with Crippen LogP contribution in [-0.4, -0.2) is 30.2 Å². The Hall–Kier alpha value is -1.46. The molecule has 19 heavy (non-hydrogen) atoms. The fourth-order valence-electron chi connectivity index (χ4n) is 2.36. The van der Waals surface area contributed by atoms with E-state index in [0.29, 0.717) is 12.2 Å². The van der Waals surface area contributed by atoms with Crippen LogP contribution in [-0.2, 0) is 4.79 Å². The molecule has 0 aromatic heterocycles. The van der Waals surface area contributed by atoms with Crippen LogP contribution in [0, 0.1) is 11.7 Å². The fraction of sp³-hybridized carbons (Fsp3) is 0.500. The Balaban J connectivity index is 1.68. The number of halogens is 1. The molecule has 5 heteroatoms. The molecular weight excluding hydrogens is 247 g/mol. The van der Waals surface area contributed by atoms with E-state index >= 15 is 0 Å². The second kappa shape index (κ2) is 6.63. The van der Waals surface area contributed by atoms with Crippen molar-refractivity contribution >= 4 is 11.6 Å². The second-order valence-corrected chi connectivity index (χ2v) is 4.94. The monoisotopic (exact) mass is 266 g/mol. The molecule has 0 bridgehead atoms. The van der Waals surface area contributed by atoms with E-state index in [1.54, 1.807) is 0 Å². The molecule has 1 aliphatic carbocycles. The maximum Gasteiger partial charge on any atom is 0.238 e. The van der Waals surface area contributed by atoms with Gasteiger partial charge in [-0.25, -0.2) is 4.39 Å². The Bertz CT molecular complexity index is 422. The highest BCUT2D eigenvalue weighted by Gasteiger charge is 2.24. The van der Waals surface area contributed by atoms with Crippen molar-refractivity contribution in [2.24, 2.45) is 5.92 Å². The van der Waals surface area contributed by atoms with E-state index < -0.39 is 0 Å². The van der Waals surface area contributed by atoms with Gasteiger partial charge < -0.3 is 15.7 Å². The lowest BCUT2D eigenvalue weighted by Crippen LogP contribution is -2.34. The molecule has 0 aliphatic heterocycles. The van der Waals surface area contributed by atoms with Gasteiger partial charge in [-0.2, -0.15) is 0 Å². The first-order valence-corrected chi connectivity index (χ1v) is 6.59. The van der Waals surface area contributed by atoms with Gasteiger partial charge in [0.05, 0.1) is 12.6 Å². The number of aliphatic hydroxyl groups excluding tert-OH is 1. The minimum Gasteiger partial charge on any atom is -0.393 e. The number of carbonyl (C=O) groups excluding carboxylic acids is 1. The van der Waals surface area contributed by atoms with Gasteiger partial charge in [-0.05, 0) is 43.0 Å². The Morgan fingerprint density at radius 1 is 1.32 bits per heavy atom. The highest BCUT2D eigenvalue weighted by atomic mass is 19.1. The van der Waals surface area contributed by atoms with Crippen molar-refractivity contribution in [2.45, 2.75) is 25.4 Å². The average Bonchev–Trinajstić information content (AvgIpc) is 2.78. The first-order chi connectivity index (χ1) is 9.15. The van der Waals surface area contributed by atoms with Crippen LogP contribution in [0.5, 0.6) is 0 Å². The molecular formula is C14H19FN2O2. The minimum atomic E-state index is -0.327. The number of hydrogen-bond donors (Lipinski definition) is 3. The summed E-state index contributed by atoms with van der Waals surface area (Å²) in [5.41, 5.74) is 0.578. The Kier molecular flexibility index (Phi) is 4.87. The summed E-state index contributed by atoms with van der Waals surface area (Å²) >= 11 is 0. The third-order valence-electron chi connectivity index (χ3n) is 3.44. The molecule has 1 aromatic rings. The summed E-state index contributed by atoms with van der Waals surface area (Å²) in [4.78, 5) is 11.6. The molecule has 0 spiro atoms. The molecule has 1 amide bonds. The van der Waals surface area contributed by atoms with Gasteiger partial charge >= 0.3 is 0 Å². The van der Waals surface area contributed by atoms with Gasteiger partial charge in [0.25, 0.3) is 0 Å². The van der Waals surface area contributed by atoms with E-state index in [1.807, 2.05) is 0 Å². The molecule has 3 N–H and O–H groups in total. The number of carbonyl (C=O) groups is 1. The molecule has 2 unspecified atom stereocenters. The zero-order chi connectivity index (χ0) is 13.7. The molecule has 1 saturated carbocycles. The predicted molar refractivity (Wildman–Crippen MR) is 71.2 cm³/mol. The zero-order valence-corrected chi connectivity index (χ0v) is 10.7. The second-order valence-electron chi connectivity index (χ2n) is 4.94. The summed E-state index contributed by atoms with van der Waals surface area (Å²) in [7, 11) is 0. The Morgan fingerprint density at radius 3 is 2.68 bits per heavy atom. The number of aliphatic hydroxyl groups is 1. The highest BCUT2D eigenvalue weighted by molar-refractivity contribution is 5.92. The lowest BCUT2D eigenvalue weighted by Gasteiger charge is -2.14. The molecule has 4 nitrogen and oxygen atoms in total. The van der Waals surface area contributed by atoms with Gasteiger partial charge in [0.1, 0.15) is 5.82 Å². The summed E-state index contributed by atoms with van der Waals surface area (Å²) in [6.45, 7) is 0.846. The number of hydrogen-bond acceptors (Lipinski definition) is 3. The van der Waals surface area contributed by atoms with E-state index in [0.717, 1.165) is 19.3 Å². The average molecular weight is 266 g/mol. The van der Waals surface area contributed by atoms with Crippen LogP contribution in [0.2, 0.25) is 0 Å². The van der Waals surface area contributed by atoms with Crippen molar-refractivity contribution < 1.29 is 14.3 Å². The topological polar surface area (TPSA) is 61.4 Å². The van der Waals surface area contributed by atoms with E-state index in [2.05, 4.69) is 10.6 Å². The van der Waals surface area contributed by atoms with Gasteiger partial charge in [0, 0.05) is 12.2 Å². The molecule has 2 atom stereocenters. The lowest BCUT2D eigenvalue weighted by molar-refractivity contribution is -0.115. The first kappa shape index (κ1) is 14.0. The third-order valence-corrected chi connectivity index (χ3v) is 3.44. The zero-order valence-electron chi connectivity index (χ0n) is 10.7. The maximum atomic E-state index is 12.7. The molecule has 104 valence electrons. The number of amides is 1. The van der Waals surface area contributed by atoms with E-state index in [-0.39, 0.29) is 30.3 Å². The van der Waals surface area contributed by atoms with E-state index in [4.69, 9.17) is 0 Å². The quantitative estimate of drug-likeness (QED) is 0.757. The van der Waals surface area contributed by atoms with Crippen molar-refractivity contribution in [3.63, 3.8) is 0 Å². The van der Waals surface area contributed by atoms with Crippen molar-refractivity contribution in [2.75, 3.05) is 18.4 Å². The van der Waals surface area contributed by atoms with Gasteiger partial charge in [0.15, 0.2) is 0 Å². The van der Waals surface area contributed by atoms with Gasteiger partial charge in [-0.3, -0.25) is 4.79 Å². The normalized spacial score (nSPS) is 22.4. The third kappa shape index (κ3) is 4.29. The highest BCUT2D eigenvalue weighted by Crippen LogP contribution is 2.24. The van der Waals surface area contributed by atoms with Crippen LogP contribution < -0.4 is 10.6 Å². The van der Waals surface area contributed by atoms with E-state index in [1.165, 1.54) is 24.3 Å². The Labute approximate surface area is 112 Å². The summed E-state index contributed by atoms with van der Waals surface area (Å²) < 4.78 is 12.7. The summed E-state index contributed by atoms with van der Waals surface area (Å²) in [5, 5.41) is 15.4. The number of anilines is 1. The van der Waals surface area contributed by atoms with Gasteiger partial charge in [-0.1, -0.05) is 6.42 Å². The SMILES string of the molecule is O=C(CNCC1CCCC1O)Nc1ccc(F)cc1. The largest absolute Gasteiger partial charge is 0.393 e. The lowest BCUT2D eigenvalue weighted by atomic mass is 10.1. The molecule has 0 heterocycles. The smallest absolute Gasteiger partial charge is 0.238 e. The first-order valence-electron chi connectivity index (χ1n) is 6.59. The molecule has 1 aliphatic rings.